The molecule has 0 aromatic heterocycles. The van der Waals surface area contributed by atoms with Crippen molar-refractivity contribution in [2.24, 2.45) is 11.8 Å². The van der Waals surface area contributed by atoms with Crippen molar-refractivity contribution in [3.63, 3.8) is 0 Å². The van der Waals surface area contributed by atoms with E-state index in [9.17, 15) is 4.39 Å². The summed E-state index contributed by atoms with van der Waals surface area (Å²) >= 11 is 0. The van der Waals surface area contributed by atoms with Crippen LogP contribution in [0.3, 0.4) is 0 Å². The minimum Gasteiger partial charge on any atom is -0.251 e. The second-order valence-electron chi connectivity index (χ2n) is 11.0. The molecule has 0 N–H and O–H groups in total. The van der Waals surface area contributed by atoms with Gasteiger partial charge in [0.15, 0.2) is 0 Å². The fourth-order valence-corrected chi connectivity index (χ4v) is 5.85. The molecule has 192 valence electrons. The number of alkyl halides is 1. The fourth-order valence-electron chi connectivity index (χ4n) is 5.85. The van der Waals surface area contributed by atoms with E-state index in [4.69, 9.17) is 0 Å². The Bertz CT molecular complexity index is 992. The maximum absolute atomic E-state index is 12.6. The number of benzene rings is 3. The number of hydrogen-bond acceptors (Lipinski definition) is 0. The molecule has 0 saturated heterocycles. The van der Waals surface area contributed by atoms with Gasteiger partial charge in [-0.05, 0) is 77.3 Å². The number of hydrogen-bond donors (Lipinski definition) is 0. The van der Waals surface area contributed by atoms with Crippen molar-refractivity contribution in [2.75, 3.05) is 6.67 Å². The molecule has 0 nitrogen and oxygen atoms in total. The van der Waals surface area contributed by atoms with Crippen molar-refractivity contribution >= 4 is 0 Å². The van der Waals surface area contributed by atoms with Crippen LogP contribution >= 0.6 is 0 Å². The van der Waals surface area contributed by atoms with E-state index < -0.39 is 0 Å². The fraction of sp³-hybridized carbons (Fsp3) is 0.486. The van der Waals surface area contributed by atoms with Crippen LogP contribution in [0, 0.1) is 11.8 Å². The van der Waals surface area contributed by atoms with Gasteiger partial charge in [0.05, 0.1) is 6.67 Å². The summed E-state index contributed by atoms with van der Waals surface area (Å²) < 4.78 is 12.6. The number of halogens is 1. The Morgan fingerprint density at radius 2 is 0.944 bits per heavy atom. The quantitative estimate of drug-likeness (QED) is 0.212. The van der Waals surface area contributed by atoms with Gasteiger partial charge in [-0.2, -0.15) is 0 Å². The lowest BCUT2D eigenvalue weighted by molar-refractivity contribution is 0.239. The first kappa shape index (κ1) is 26.6. The van der Waals surface area contributed by atoms with E-state index in [1.165, 1.54) is 104 Å². The molecule has 4 rings (SSSR count). The van der Waals surface area contributed by atoms with Crippen molar-refractivity contribution in [1.29, 1.82) is 0 Å². The molecule has 0 aliphatic heterocycles. The monoisotopic (exact) mass is 484 g/mol. The smallest absolute Gasteiger partial charge is 0.0897 e. The van der Waals surface area contributed by atoms with E-state index in [1.807, 2.05) is 0 Å². The Morgan fingerprint density at radius 3 is 1.42 bits per heavy atom. The number of unbranched alkanes of at least 4 members (excludes halogenated alkanes) is 4. The second kappa shape index (κ2) is 14.4. The average Bonchev–Trinajstić information content (AvgIpc) is 2.93. The zero-order valence-electron chi connectivity index (χ0n) is 22.4. The predicted molar refractivity (Wildman–Crippen MR) is 154 cm³/mol. The van der Waals surface area contributed by atoms with Gasteiger partial charge in [0.25, 0.3) is 0 Å². The molecule has 3 aromatic rings. The summed E-state index contributed by atoms with van der Waals surface area (Å²) in [4.78, 5) is 0. The number of aryl methyl sites for hydroxylation is 2. The molecular weight excluding hydrogens is 439 g/mol. The lowest BCUT2D eigenvalue weighted by atomic mass is 9.78. The van der Waals surface area contributed by atoms with Crippen LogP contribution in [0.15, 0.2) is 72.8 Å². The van der Waals surface area contributed by atoms with Gasteiger partial charge in [-0.1, -0.05) is 131 Å². The maximum Gasteiger partial charge on any atom is 0.0897 e. The van der Waals surface area contributed by atoms with Crippen LogP contribution in [0.5, 0.6) is 0 Å². The maximum atomic E-state index is 12.6. The van der Waals surface area contributed by atoms with Gasteiger partial charge in [0.2, 0.25) is 0 Å². The second-order valence-corrected chi connectivity index (χ2v) is 11.0. The minimum atomic E-state index is -0.142. The Balaban J connectivity index is 1.25. The molecule has 0 unspecified atom stereocenters. The molecule has 36 heavy (non-hydrogen) atoms. The topological polar surface area (TPSA) is 0 Å². The Labute approximate surface area is 219 Å². The van der Waals surface area contributed by atoms with Crippen LogP contribution in [-0.4, -0.2) is 6.67 Å². The first-order valence-corrected chi connectivity index (χ1v) is 14.6. The van der Waals surface area contributed by atoms with Gasteiger partial charge >= 0.3 is 0 Å². The molecule has 1 aliphatic rings. The SMILES string of the molecule is CCCCCCCc1ccc(-c2ccc(-c3ccc(CC[C@H]4CC[C@H](CCF)CC4)cc3)cc2)cc1. The van der Waals surface area contributed by atoms with Crippen LogP contribution in [0.4, 0.5) is 4.39 Å². The molecule has 0 bridgehead atoms. The third-order valence-corrected chi connectivity index (χ3v) is 8.35. The molecule has 1 fully saturated rings. The van der Waals surface area contributed by atoms with Crippen molar-refractivity contribution < 1.29 is 4.39 Å². The first-order valence-electron chi connectivity index (χ1n) is 14.6. The van der Waals surface area contributed by atoms with Crippen LogP contribution in [0.1, 0.15) is 88.7 Å². The van der Waals surface area contributed by atoms with Crippen LogP contribution in [-0.2, 0) is 12.8 Å². The van der Waals surface area contributed by atoms with Crippen LogP contribution < -0.4 is 0 Å². The molecule has 1 aliphatic carbocycles. The van der Waals surface area contributed by atoms with Crippen LogP contribution in [0.25, 0.3) is 22.3 Å². The van der Waals surface area contributed by atoms with Gasteiger partial charge in [-0.25, -0.2) is 0 Å². The molecule has 0 atom stereocenters. The largest absolute Gasteiger partial charge is 0.251 e. The zero-order chi connectivity index (χ0) is 25.0. The van der Waals surface area contributed by atoms with Gasteiger partial charge in [0.1, 0.15) is 0 Å². The molecular formula is C35H45F. The van der Waals surface area contributed by atoms with Gasteiger partial charge in [0, 0.05) is 0 Å². The summed E-state index contributed by atoms with van der Waals surface area (Å²) in [5.74, 6) is 1.47. The lowest BCUT2D eigenvalue weighted by Gasteiger charge is -2.28. The highest BCUT2D eigenvalue weighted by Crippen LogP contribution is 2.33. The van der Waals surface area contributed by atoms with Crippen LogP contribution in [0.2, 0.25) is 0 Å². The van der Waals surface area contributed by atoms with E-state index in [2.05, 4.69) is 79.7 Å². The first-order chi connectivity index (χ1) is 17.7. The summed E-state index contributed by atoms with van der Waals surface area (Å²) in [6.07, 6.45) is 16.1. The summed E-state index contributed by atoms with van der Waals surface area (Å²) in [6.45, 7) is 2.13. The number of rotatable bonds is 13. The Hall–Kier alpha value is -2.41. The lowest BCUT2D eigenvalue weighted by Crippen LogP contribution is -2.15. The summed E-state index contributed by atoms with van der Waals surface area (Å²) in [6, 6.07) is 27.3. The minimum absolute atomic E-state index is 0.142. The van der Waals surface area contributed by atoms with Crippen molar-refractivity contribution in [1.82, 2.24) is 0 Å². The summed E-state index contributed by atoms with van der Waals surface area (Å²) in [7, 11) is 0. The molecule has 0 spiro atoms. The molecule has 3 aromatic carbocycles. The van der Waals surface area contributed by atoms with E-state index in [1.54, 1.807) is 0 Å². The van der Waals surface area contributed by atoms with Gasteiger partial charge in [-0.3, -0.25) is 4.39 Å². The molecule has 0 heterocycles. The van der Waals surface area contributed by atoms with Crippen molar-refractivity contribution in [3.8, 4) is 22.3 Å². The van der Waals surface area contributed by atoms with E-state index in [0.717, 1.165) is 18.8 Å². The van der Waals surface area contributed by atoms with E-state index in [-0.39, 0.29) is 6.67 Å². The van der Waals surface area contributed by atoms with Crippen molar-refractivity contribution in [3.05, 3.63) is 83.9 Å². The Kier molecular flexibility index (Phi) is 10.6. The predicted octanol–water partition coefficient (Wildman–Crippen LogP) is 10.6. The van der Waals surface area contributed by atoms with Gasteiger partial charge in [-0.15, -0.1) is 0 Å². The highest BCUT2D eigenvalue weighted by Gasteiger charge is 2.20. The zero-order valence-corrected chi connectivity index (χ0v) is 22.4. The highest BCUT2D eigenvalue weighted by atomic mass is 19.1. The van der Waals surface area contributed by atoms with E-state index >= 15 is 0 Å². The summed E-state index contributed by atoms with van der Waals surface area (Å²) in [5.41, 5.74) is 8.04. The van der Waals surface area contributed by atoms with E-state index in [0.29, 0.717) is 5.92 Å². The molecule has 0 amide bonds. The van der Waals surface area contributed by atoms with Crippen molar-refractivity contribution in [2.45, 2.75) is 90.4 Å². The third-order valence-electron chi connectivity index (χ3n) is 8.35. The molecule has 1 heteroatoms. The third kappa shape index (κ3) is 8.05. The van der Waals surface area contributed by atoms with Gasteiger partial charge < -0.3 is 0 Å². The molecule has 1 saturated carbocycles. The average molecular weight is 485 g/mol. The Morgan fingerprint density at radius 1 is 0.528 bits per heavy atom. The molecule has 0 radical (unpaired) electrons. The standard InChI is InChI=1S/C35H45F/c1-2-3-4-5-6-7-28-14-18-32(19-15-28)34-22-24-35(25-23-34)33-20-16-30(17-21-33)9-8-29-10-12-31(13-11-29)26-27-36/h14-25,29,31H,2-13,26-27H2,1H3/t29-,31-. The normalized spacial score (nSPS) is 17.8. The highest BCUT2D eigenvalue weighted by molar-refractivity contribution is 5.70. The summed E-state index contributed by atoms with van der Waals surface area (Å²) in [5, 5.41) is 0.